The summed E-state index contributed by atoms with van der Waals surface area (Å²) in [6.45, 7) is 2.14. The molecule has 0 radical (unpaired) electrons. The lowest BCUT2D eigenvalue weighted by atomic mass is 10.0. The zero-order valence-corrected chi connectivity index (χ0v) is 8.70. The first kappa shape index (κ1) is 16.2. The van der Waals surface area contributed by atoms with Crippen LogP contribution in [-0.4, -0.2) is 0 Å². The van der Waals surface area contributed by atoms with Crippen molar-refractivity contribution in [2.24, 2.45) is 0 Å². The van der Waals surface area contributed by atoms with Crippen LogP contribution in [0.2, 0.25) is 0 Å². The lowest BCUT2D eigenvalue weighted by molar-refractivity contribution is 1.51. The molecule has 0 atom stereocenters. The van der Waals surface area contributed by atoms with E-state index in [1.165, 1.54) is 27.1 Å². The van der Waals surface area contributed by atoms with Crippen LogP contribution in [0.1, 0.15) is 27.8 Å². The Labute approximate surface area is 111 Å². The molecule has 3 aromatic rings. The van der Waals surface area contributed by atoms with Crippen molar-refractivity contribution >= 4 is 21.5 Å². The number of rotatable bonds is 0. The first-order valence-corrected chi connectivity index (χ1v) is 5.23. The second kappa shape index (κ2) is 6.20. The van der Waals surface area contributed by atoms with E-state index in [0.29, 0.717) is 0 Å². The zero-order chi connectivity index (χ0) is 10.3. The smallest absolute Gasteiger partial charge is 0.0103 e. The van der Waals surface area contributed by atoms with Crippen molar-refractivity contribution in [3.8, 4) is 0 Å². The predicted molar refractivity (Wildman–Crippen MR) is 86.4 cm³/mol. The molecule has 0 fully saturated rings. The quantitative estimate of drug-likeness (QED) is 0.410. The summed E-state index contributed by atoms with van der Waals surface area (Å²) in [6, 6.07) is 19.5. The van der Waals surface area contributed by atoms with Gasteiger partial charge in [-0.1, -0.05) is 82.4 Å². The van der Waals surface area contributed by atoms with Crippen LogP contribution < -0.4 is 0 Å². The molecule has 18 heavy (non-hydrogen) atoms. The van der Waals surface area contributed by atoms with Crippen molar-refractivity contribution in [2.75, 3.05) is 0 Å². The van der Waals surface area contributed by atoms with E-state index in [0.717, 1.165) is 0 Å². The molecule has 0 N–H and O–H groups in total. The highest BCUT2D eigenvalue weighted by molar-refractivity contribution is 6.07. The first-order valence-electron chi connectivity index (χ1n) is 5.23. The van der Waals surface area contributed by atoms with Gasteiger partial charge >= 0.3 is 0 Å². The molecule has 0 saturated carbocycles. The van der Waals surface area contributed by atoms with Gasteiger partial charge in [0.15, 0.2) is 0 Å². The minimum absolute atomic E-state index is 0. The van der Waals surface area contributed by atoms with Gasteiger partial charge in [0.2, 0.25) is 0 Å². The number of fused-ring (bicyclic) bond motifs is 3. The van der Waals surface area contributed by atoms with Crippen molar-refractivity contribution in [2.45, 2.75) is 29.2 Å². The molecule has 0 heteroatoms. The van der Waals surface area contributed by atoms with Crippen LogP contribution in [0.25, 0.3) is 21.5 Å². The molecule has 3 aromatic carbocycles. The van der Waals surface area contributed by atoms with Crippen LogP contribution in [0.3, 0.4) is 0 Å². The maximum Gasteiger partial charge on any atom is -0.0103 e. The van der Waals surface area contributed by atoms with Crippen molar-refractivity contribution in [3.63, 3.8) is 0 Å². The van der Waals surface area contributed by atoms with Gasteiger partial charge in [0.05, 0.1) is 0 Å². The van der Waals surface area contributed by atoms with E-state index in [4.69, 9.17) is 0 Å². The SMILES string of the molecule is C.C.C.Cc1ccc2ccc3ccccc3c2c1. The second-order valence-electron chi connectivity index (χ2n) is 4.01. The Morgan fingerprint density at radius 1 is 0.611 bits per heavy atom. The standard InChI is InChI=1S/C15H12.3CH4/c1-11-6-7-13-9-8-12-4-2-3-5-14(12)15(13)10-11;;;/h2-10H,1H3;3*1H4. The van der Waals surface area contributed by atoms with Crippen LogP contribution in [0.5, 0.6) is 0 Å². The highest BCUT2D eigenvalue weighted by Gasteiger charge is 1.99. The Morgan fingerprint density at radius 3 is 1.89 bits per heavy atom. The first-order chi connectivity index (χ1) is 7.34. The van der Waals surface area contributed by atoms with Crippen molar-refractivity contribution in [1.29, 1.82) is 0 Å². The fourth-order valence-corrected chi connectivity index (χ4v) is 2.12. The molecule has 0 aliphatic heterocycles. The average molecular weight is 240 g/mol. The van der Waals surface area contributed by atoms with Crippen LogP contribution in [0.15, 0.2) is 54.6 Å². The van der Waals surface area contributed by atoms with Crippen molar-refractivity contribution < 1.29 is 0 Å². The third-order valence-corrected chi connectivity index (χ3v) is 2.90. The summed E-state index contributed by atoms with van der Waals surface area (Å²) in [6.07, 6.45) is 0. The largest absolute Gasteiger partial charge is 0.0776 e. The topological polar surface area (TPSA) is 0 Å². The number of benzene rings is 3. The molecule has 0 aromatic heterocycles. The molecule has 0 amide bonds. The van der Waals surface area contributed by atoms with Crippen LogP contribution in [0.4, 0.5) is 0 Å². The number of hydrogen-bond donors (Lipinski definition) is 0. The summed E-state index contributed by atoms with van der Waals surface area (Å²) in [5.41, 5.74) is 1.32. The summed E-state index contributed by atoms with van der Waals surface area (Å²) in [5, 5.41) is 5.33. The lowest BCUT2D eigenvalue weighted by Gasteiger charge is -2.04. The minimum Gasteiger partial charge on any atom is -0.0776 e. The minimum atomic E-state index is 0. The maximum atomic E-state index is 2.26. The Morgan fingerprint density at radius 2 is 1.17 bits per heavy atom. The van der Waals surface area contributed by atoms with Crippen LogP contribution >= 0.6 is 0 Å². The van der Waals surface area contributed by atoms with Crippen LogP contribution in [-0.2, 0) is 0 Å². The molecular formula is C18H24. The van der Waals surface area contributed by atoms with E-state index in [1.807, 2.05) is 0 Å². The summed E-state index contributed by atoms with van der Waals surface area (Å²) in [4.78, 5) is 0. The molecule has 0 unspecified atom stereocenters. The fourth-order valence-electron chi connectivity index (χ4n) is 2.12. The summed E-state index contributed by atoms with van der Waals surface area (Å²) < 4.78 is 0. The predicted octanol–water partition coefficient (Wildman–Crippen LogP) is 6.21. The summed E-state index contributed by atoms with van der Waals surface area (Å²) in [5.74, 6) is 0. The third-order valence-electron chi connectivity index (χ3n) is 2.90. The molecule has 0 heterocycles. The Balaban J connectivity index is 0.000000963. The Kier molecular flexibility index (Phi) is 5.58. The van der Waals surface area contributed by atoms with E-state index >= 15 is 0 Å². The second-order valence-corrected chi connectivity index (χ2v) is 4.01. The van der Waals surface area contributed by atoms with Crippen molar-refractivity contribution in [1.82, 2.24) is 0 Å². The normalized spacial score (nSPS) is 9.17. The van der Waals surface area contributed by atoms with Gasteiger partial charge in [-0.15, -0.1) is 0 Å². The van der Waals surface area contributed by atoms with Gasteiger partial charge in [-0.05, 0) is 28.5 Å². The van der Waals surface area contributed by atoms with Gasteiger partial charge in [0.1, 0.15) is 0 Å². The van der Waals surface area contributed by atoms with Gasteiger partial charge in [-0.3, -0.25) is 0 Å². The van der Waals surface area contributed by atoms with E-state index in [2.05, 4.69) is 61.5 Å². The van der Waals surface area contributed by atoms with Crippen molar-refractivity contribution in [3.05, 3.63) is 60.2 Å². The molecule has 0 bridgehead atoms. The monoisotopic (exact) mass is 240 g/mol. The molecule has 96 valence electrons. The van der Waals surface area contributed by atoms with E-state index in [1.54, 1.807) is 0 Å². The molecule has 3 rings (SSSR count). The molecule has 0 spiro atoms. The Hall–Kier alpha value is -1.82. The van der Waals surface area contributed by atoms with Crippen LogP contribution in [0, 0.1) is 6.92 Å². The average Bonchev–Trinajstić information content (AvgIpc) is 2.29. The lowest BCUT2D eigenvalue weighted by Crippen LogP contribution is -1.78. The zero-order valence-electron chi connectivity index (χ0n) is 8.70. The van der Waals surface area contributed by atoms with E-state index < -0.39 is 0 Å². The van der Waals surface area contributed by atoms with Gasteiger partial charge in [0.25, 0.3) is 0 Å². The van der Waals surface area contributed by atoms with Gasteiger partial charge in [-0.2, -0.15) is 0 Å². The van der Waals surface area contributed by atoms with E-state index in [-0.39, 0.29) is 22.3 Å². The summed E-state index contributed by atoms with van der Waals surface area (Å²) in [7, 11) is 0. The van der Waals surface area contributed by atoms with Gasteiger partial charge < -0.3 is 0 Å². The summed E-state index contributed by atoms with van der Waals surface area (Å²) >= 11 is 0. The highest BCUT2D eigenvalue weighted by atomic mass is 14.0. The molecule has 0 nitrogen and oxygen atoms in total. The molecule has 0 aliphatic carbocycles. The molecular weight excluding hydrogens is 216 g/mol. The fraction of sp³-hybridized carbons (Fsp3) is 0.222. The molecule has 0 saturated heterocycles. The Bertz CT molecular complexity index is 636. The number of aryl methyl sites for hydroxylation is 1. The highest BCUT2D eigenvalue weighted by Crippen LogP contribution is 2.25. The number of hydrogen-bond acceptors (Lipinski definition) is 0. The third kappa shape index (κ3) is 2.53. The van der Waals surface area contributed by atoms with Gasteiger partial charge in [0, 0.05) is 0 Å². The maximum absolute atomic E-state index is 2.26. The van der Waals surface area contributed by atoms with E-state index in [9.17, 15) is 0 Å². The van der Waals surface area contributed by atoms with Gasteiger partial charge in [-0.25, -0.2) is 0 Å². The molecule has 0 aliphatic rings.